The molecule has 2 saturated carbocycles. The number of fused-ring (bicyclic) bond motifs is 3. The fourth-order valence-corrected chi connectivity index (χ4v) is 5.23. The minimum atomic E-state index is -0.575. The molecule has 0 radical (unpaired) electrons. The Hall–Kier alpha value is -4.01. The van der Waals surface area contributed by atoms with Crippen molar-refractivity contribution in [2.45, 2.75) is 57.1 Å². The second kappa shape index (κ2) is 7.74. The third-order valence-electron chi connectivity index (χ3n) is 7.55. The zero-order valence-electron chi connectivity index (χ0n) is 19.9. The minimum absolute atomic E-state index is 0.0370. The molecule has 2 fully saturated rings. The first-order valence-corrected chi connectivity index (χ1v) is 12.4. The highest BCUT2D eigenvalue weighted by atomic mass is 19.1. The van der Waals surface area contributed by atoms with Gasteiger partial charge >= 0.3 is 0 Å². The van der Waals surface area contributed by atoms with Crippen LogP contribution >= 0.6 is 0 Å². The summed E-state index contributed by atoms with van der Waals surface area (Å²) in [5.41, 5.74) is 3.32. The molecule has 7 rings (SSSR count). The number of carbonyl (C=O) groups is 1. The van der Waals surface area contributed by atoms with Crippen LogP contribution in [0, 0.1) is 12.7 Å². The molecular formula is C27H25FN6O2. The Balaban J connectivity index is 1.25. The van der Waals surface area contributed by atoms with Crippen molar-refractivity contribution in [3.05, 3.63) is 71.8 Å². The zero-order chi connectivity index (χ0) is 24.4. The zero-order valence-corrected chi connectivity index (χ0v) is 19.9. The van der Waals surface area contributed by atoms with Gasteiger partial charge in [0.25, 0.3) is 5.91 Å². The van der Waals surface area contributed by atoms with Crippen LogP contribution in [-0.4, -0.2) is 35.8 Å². The average Bonchev–Trinajstić information content (AvgIpc) is 3.44. The van der Waals surface area contributed by atoms with E-state index in [1.807, 2.05) is 34.5 Å². The van der Waals surface area contributed by atoms with Gasteiger partial charge in [-0.05, 0) is 68.9 Å². The second-order valence-corrected chi connectivity index (χ2v) is 10.1. The van der Waals surface area contributed by atoms with Crippen LogP contribution in [-0.2, 0) is 6.54 Å². The van der Waals surface area contributed by atoms with E-state index in [-0.39, 0.29) is 11.2 Å². The third-order valence-corrected chi connectivity index (χ3v) is 7.55. The molecule has 0 bridgehead atoms. The molecule has 1 amide bonds. The maximum absolute atomic E-state index is 15.1. The second-order valence-electron chi connectivity index (χ2n) is 10.1. The van der Waals surface area contributed by atoms with Gasteiger partial charge in [-0.1, -0.05) is 6.07 Å². The van der Waals surface area contributed by atoms with Crippen molar-refractivity contribution < 1.29 is 13.9 Å². The van der Waals surface area contributed by atoms with Crippen molar-refractivity contribution in [3.8, 4) is 22.8 Å². The van der Waals surface area contributed by atoms with Crippen LogP contribution in [0.2, 0.25) is 0 Å². The fraction of sp³-hybridized carbons (Fsp3) is 0.333. The van der Waals surface area contributed by atoms with Gasteiger partial charge in [0.2, 0.25) is 0 Å². The van der Waals surface area contributed by atoms with Gasteiger partial charge in [0.05, 0.1) is 41.1 Å². The standard InChI is InChI=1S/C27H25FN6O2/c1-16-10-20(28)19(11-23(16)33-12-22(30-15-33)17-6-7-17)26(35)32-21-5-2-4-18-24(21)36-27(8-3-9-27)13-34-25(18)29-14-31-34/h2,4-5,10-12,14-15,17H,3,6-9,13H2,1H3,(H,32,35). The Labute approximate surface area is 207 Å². The van der Waals surface area contributed by atoms with Crippen LogP contribution in [0.15, 0.2) is 49.2 Å². The average molecular weight is 485 g/mol. The van der Waals surface area contributed by atoms with E-state index < -0.39 is 11.7 Å². The molecule has 9 heteroatoms. The number of hydrogen-bond donors (Lipinski definition) is 1. The molecule has 4 aromatic rings. The molecule has 2 aromatic heterocycles. The summed E-state index contributed by atoms with van der Waals surface area (Å²) in [6.45, 7) is 2.43. The summed E-state index contributed by atoms with van der Waals surface area (Å²) in [4.78, 5) is 22.3. The monoisotopic (exact) mass is 484 g/mol. The van der Waals surface area contributed by atoms with Crippen molar-refractivity contribution in [2.75, 3.05) is 5.32 Å². The number of benzene rings is 2. The van der Waals surface area contributed by atoms with E-state index in [0.29, 0.717) is 29.7 Å². The Morgan fingerprint density at radius 2 is 2.08 bits per heavy atom. The van der Waals surface area contributed by atoms with Gasteiger partial charge in [-0.3, -0.25) is 4.79 Å². The van der Waals surface area contributed by atoms with Crippen LogP contribution in [0.25, 0.3) is 17.1 Å². The number of nitrogens with zero attached hydrogens (tertiary/aromatic N) is 5. The van der Waals surface area contributed by atoms with E-state index in [2.05, 4.69) is 20.4 Å². The largest absolute Gasteiger partial charge is 0.482 e. The predicted octanol–water partition coefficient (Wildman–Crippen LogP) is 5.02. The molecule has 0 saturated heterocycles. The first-order chi connectivity index (χ1) is 17.5. The molecule has 2 aromatic carbocycles. The van der Waals surface area contributed by atoms with Crippen LogP contribution < -0.4 is 10.1 Å². The maximum Gasteiger partial charge on any atom is 0.258 e. The lowest BCUT2D eigenvalue weighted by Gasteiger charge is -2.41. The van der Waals surface area contributed by atoms with Crippen LogP contribution in [0.4, 0.5) is 10.1 Å². The van der Waals surface area contributed by atoms with E-state index in [0.717, 1.165) is 54.6 Å². The van der Waals surface area contributed by atoms with Gasteiger partial charge in [-0.2, -0.15) is 5.10 Å². The lowest BCUT2D eigenvalue weighted by Crippen LogP contribution is -2.46. The lowest BCUT2D eigenvalue weighted by atomic mass is 9.80. The summed E-state index contributed by atoms with van der Waals surface area (Å²) in [6, 6.07) is 8.50. The Morgan fingerprint density at radius 3 is 2.86 bits per heavy atom. The number of rotatable bonds is 4. The lowest BCUT2D eigenvalue weighted by molar-refractivity contribution is -0.0210. The summed E-state index contributed by atoms with van der Waals surface area (Å²) in [5.74, 6) is 0.637. The van der Waals surface area contributed by atoms with Crippen LogP contribution in [0.3, 0.4) is 0 Å². The van der Waals surface area contributed by atoms with Crippen molar-refractivity contribution in [1.82, 2.24) is 24.3 Å². The summed E-state index contributed by atoms with van der Waals surface area (Å²) in [5, 5.41) is 7.30. The molecule has 182 valence electrons. The third kappa shape index (κ3) is 3.41. The molecular weight excluding hydrogens is 459 g/mol. The number of aromatic nitrogens is 5. The van der Waals surface area contributed by atoms with Crippen molar-refractivity contribution in [3.63, 3.8) is 0 Å². The van der Waals surface area contributed by atoms with Gasteiger partial charge < -0.3 is 14.6 Å². The summed E-state index contributed by atoms with van der Waals surface area (Å²) < 4.78 is 25.3. The SMILES string of the molecule is Cc1cc(F)c(C(=O)Nc2cccc3c2OC2(CCC2)Cn2ncnc2-3)cc1-n1cnc(C2CC2)c1. The fourth-order valence-electron chi connectivity index (χ4n) is 5.23. The molecule has 0 unspecified atom stereocenters. The van der Waals surface area contributed by atoms with Crippen LogP contribution in [0.1, 0.15) is 59.6 Å². The number of hydrogen-bond acceptors (Lipinski definition) is 5. The molecule has 1 spiro atoms. The topological polar surface area (TPSA) is 86.9 Å². The molecule has 1 N–H and O–H groups in total. The van der Waals surface area contributed by atoms with Gasteiger partial charge in [0.15, 0.2) is 11.6 Å². The Kier molecular flexibility index (Phi) is 4.58. The number of carbonyl (C=O) groups excluding carboxylic acids is 1. The first kappa shape index (κ1) is 21.3. The summed E-state index contributed by atoms with van der Waals surface area (Å²) in [7, 11) is 0. The minimum Gasteiger partial charge on any atom is -0.482 e. The van der Waals surface area contributed by atoms with Crippen molar-refractivity contribution in [2.24, 2.45) is 0 Å². The molecule has 2 aliphatic carbocycles. The molecule has 3 aliphatic rings. The number of ether oxygens (including phenoxy) is 1. The van der Waals surface area contributed by atoms with E-state index in [4.69, 9.17) is 4.74 Å². The highest BCUT2D eigenvalue weighted by Gasteiger charge is 2.44. The van der Waals surface area contributed by atoms with Crippen molar-refractivity contribution >= 4 is 11.6 Å². The van der Waals surface area contributed by atoms with E-state index in [1.165, 1.54) is 12.4 Å². The van der Waals surface area contributed by atoms with Gasteiger partial charge in [-0.25, -0.2) is 19.0 Å². The molecule has 1 aliphatic heterocycles. The number of aryl methyl sites for hydroxylation is 1. The predicted molar refractivity (Wildman–Crippen MR) is 131 cm³/mol. The van der Waals surface area contributed by atoms with Gasteiger partial charge in [-0.15, -0.1) is 0 Å². The Bertz CT molecular complexity index is 1510. The number of para-hydroxylation sites is 1. The first-order valence-electron chi connectivity index (χ1n) is 12.4. The summed E-state index contributed by atoms with van der Waals surface area (Å²) in [6.07, 6.45) is 10.4. The number of halogens is 1. The number of imidazole rings is 1. The maximum atomic E-state index is 15.1. The molecule has 3 heterocycles. The quantitative estimate of drug-likeness (QED) is 0.439. The Morgan fingerprint density at radius 1 is 1.22 bits per heavy atom. The molecule has 8 nitrogen and oxygen atoms in total. The van der Waals surface area contributed by atoms with E-state index >= 15 is 4.39 Å². The molecule has 0 atom stereocenters. The highest BCUT2D eigenvalue weighted by molar-refractivity contribution is 6.06. The number of nitrogens with one attached hydrogen (secondary N) is 1. The summed E-state index contributed by atoms with van der Waals surface area (Å²) >= 11 is 0. The smallest absolute Gasteiger partial charge is 0.258 e. The van der Waals surface area contributed by atoms with Crippen molar-refractivity contribution in [1.29, 1.82) is 0 Å². The van der Waals surface area contributed by atoms with E-state index in [1.54, 1.807) is 18.5 Å². The number of anilines is 1. The highest BCUT2D eigenvalue weighted by Crippen LogP contribution is 2.47. The molecule has 36 heavy (non-hydrogen) atoms. The van der Waals surface area contributed by atoms with Gasteiger partial charge in [0.1, 0.15) is 17.7 Å². The van der Waals surface area contributed by atoms with Gasteiger partial charge in [0, 0.05) is 12.1 Å². The van der Waals surface area contributed by atoms with E-state index in [9.17, 15) is 4.79 Å². The number of amides is 1. The van der Waals surface area contributed by atoms with Crippen LogP contribution in [0.5, 0.6) is 5.75 Å². The normalized spacial score (nSPS) is 17.5.